The van der Waals surface area contributed by atoms with Crippen LogP contribution in [-0.2, 0) is 0 Å². The van der Waals surface area contributed by atoms with Crippen LogP contribution in [0.3, 0.4) is 0 Å². The quantitative estimate of drug-likeness (QED) is 0.584. The van der Waals surface area contributed by atoms with Gasteiger partial charge in [0.15, 0.2) is 11.3 Å². The first-order valence-electron chi connectivity index (χ1n) is 12.6. The van der Waals surface area contributed by atoms with Crippen LogP contribution in [0.1, 0.15) is 71.4 Å². The molecule has 2 aromatic heterocycles. The maximum absolute atomic E-state index is 13.6. The molecule has 190 valence electrons. The molecular formula is C27H32FN5O3. The molecule has 0 bridgehead atoms. The molecule has 9 heteroatoms. The summed E-state index contributed by atoms with van der Waals surface area (Å²) in [6.45, 7) is 1.53. The number of fused-ring (bicyclic) bond motifs is 1. The van der Waals surface area contributed by atoms with Crippen LogP contribution in [0.4, 0.5) is 4.39 Å². The smallest absolute Gasteiger partial charge is 0.274 e. The minimum atomic E-state index is -0.513. The second kappa shape index (κ2) is 9.52. The number of nitrogens with zero attached hydrogens (tertiary/aromatic N) is 4. The zero-order valence-electron chi connectivity index (χ0n) is 21.0. The summed E-state index contributed by atoms with van der Waals surface area (Å²) in [6.07, 6.45) is 6.20. The van der Waals surface area contributed by atoms with E-state index >= 15 is 0 Å². The average molecular weight is 494 g/mol. The van der Waals surface area contributed by atoms with Gasteiger partial charge in [0.1, 0.15) is 5.56 Å². The number of carbonyl (C=O) groups excluding carboxylic acids is 2. The predicted molar refractivity (Wildman–Crippen MR) is 135 cm³/mol. The molecule has 1 aliphatic carbocycles. The highest BCUT2D eigenvalue weighted by Gasteiger charge is 2.41. The van der Waals surface area contributed by atoms with Crippen molar-refractivity contribution in [1.29, 1.82) is 0 Å². The van der Waals surface area contributed by atoms with Crippen LogP contribution in [0.25, 0.3) is 16.9 Å². The Balaban J connectivity index is 1.58. The second-order valence-electron chi connectivity index (χ2n) is 10.3. The Bertz CT molecular complexity index is 1350. The molecule has 0 spiro atoms. The molecule has 2 fully saturated rings. The van der Waals surface area contributed by atoms with Gasteiger partial charge in [-0.3, -0.25) is 18.8 Å². The van der Waals surface area contributed by atoms with Crippen LogP contribution >= 0.6 is 0 Å². The highest BCUT2D eigenvalue weighted by molar-refractivity contribution is 6.10. The van der Waals surface area contributed by atoms with Crippen molar-refractivity contribution in [2.24, 2.45) is 5.92 Å². The number of halogens is 1. The lowest BCUT2D eigenvalue weighted by atomic mass is 9.84. The lowest BCUT2D eigenvalue weighted by Crippen LogP contribution is -2.58. The highest BCUT2D eigenvalue weighted by atomic mass is 19.1. The molecule has 1 aliphatic heterocycles. The van der Waals surface area contributed by atoms with Crippen LogP contribution in [0.2, 0.25) is 0 Å². The van der Waals surface area contributed by atoms with Crippen molar-refractivity contribution in [3.05, 3.63) is 57.5 Å². The van der Waals surface area contributed by atoms with Crippen molar-refractivity contribution < 1.29 is 14.0 Å². The number of carbonyl (C=O) groups is 2. The number of benzene rings is 1. The van der Waals surface area contributed by atoms with Gasteiger partial charge in [-0.2, -0.15) is 9.61 Å². The highest BCUT2D eigenvalue weighted by Crippen LogP contribution is 2.34. The third-order valence-electron chi connectivity index (χ3n) is 7.80. The first-order chi connectivity index (χ1) is 17.3. The summed E-state index contributed by atoms with van der Waals surface area (Å²) in [6, 6.07) is 9.31. The van der Waals surface area contributed by atoms with E-state index in [4.69, 9.17) is 0 Å². The number of likely N-dealkylation sites (tertiary alicyclic amines) is 1. The van der Waals surface area contributed by atoms with Crippen LogP contribution < -0.4 is 5.56 Å². The molecule has 1 saturated carbocycles. The fraction of sp³-hybridized carbons (Fsp3) is 0.481. The maximum Gasteiger partial charge on any atom is 0.274 e. The number of hydrogen-bond acceptors (Lipinski definition) is 4. The van der Waals surface area contributed by atoms with Gasteiger partial charge in [-0.15, -0.1) is 0 Å². The van der Waals surface area contributed by atoms with E-state index in [2.05, 4.69) is 22.2 Å². The Kier molecular flexibility index (Phi) is 6.40. The minimum Gasteiger partial charge on any atom is -0.343 e. The van der Waals surface area contributed by atoms with Gasteiger partial charge >= 0.3 is 0 Å². The SMILES string of the molecule is C[C@@H]1[C@H](CF)CN1C(=O)c1c(C(=O)N(C)C)nn2c(=O)cc(-c3ccc(C4CCCCC4)cc3)[nH]c12. The van der Waals surface area contributed by atoms with E-state index in [0.29, 0.717) is 11.6 Å². The summed E-state index contributed by atoms with van der Waals surface area (Å²) in [7, 11) is 3.13. The van der Waals surface area contributed by atoms with E-state index in [1.807, 2.05) is 12.1 Å². The Hall–Kier alpha value is -3.49. The number of amides is 2. The third-order valence-corrected chi connectivity index (χ3v) is 7.80. The molecule has 2 aliphatic rings. The van der Waals surface area contributed by atoms with E-state index in [1.165, 1.54) is 53.5 Å². The molecule has 8 nitrogen and oxygen atoms in total. The second-order valence-corrected chi connectivity index (χ2v) is 10.3. The summed E-state index contributed by atoms with van der Waals surface area (Å²) < 4.78 is 14.3. The van der Waals surface area contributed by atoms with Gasteiger partial charge in [-0.1, -0.05) is 43.5 Å². The Morgan fingerprint density at radius 1 is 1.14 bits per heavy atom. The first kappa shape index (κ1) is 24.2. The van der Waals surface area contributed by atoms with Crippen LogP contribution in [-0.4, -0.2) is 69.6 Å². The number of H-pyrrole nitrogens is 1. The third kappa shape index (κ3) is 4.10. The number of hydrogen-bond donors (Lipinski definition) is 1. The van der Waals surface area contributed by atoms with Crippen LogP contribution in [0.15, 0.2) is 35.1 Å². The van der Waals surface area contributed by atoms with E-state index in [1.54, 1.807) is 21.0 Å². The predicted octanol–water partition coefficient (Wildman–Crippen LogP) is 3.87. The molecule has 1 aromatic carbocycles. The van der Waals surface area contributed by atoms with Gasteiger partial charge in [-0.25, -0.2) is 0 Å². The van der Waals surface area contributed by atoms with E-state index < -0.39 is 24.0 Å². The molecule has 1 N–H and O–H groups in total. The van der Waals surface area contributed by atoms with Gasteiger partial charge in [0.25, 0.3) is 17.4 Å². The standard InChI is InChI=1S/C27H32FN5O3/c1-16-20(14-28)15-32(16)26(35)23-24(27(36)31(2)3)30-33-22(34)13-21(29-25(23)33)19-11-9-18(10-12-19)17-7-5-4-6-8-17/h9-13,16-17,20,29H,4-8,14-15H2,1-3H3/t16-,20-/m1/s1. The summed E-state index contributed by atoms with van der Waals surface area (Å²) in [5.74, 6) is -0.586. The van der Waals surface area contributed by atoms with Gasteiger partial charge in [0, 0.05) is 38.7 Å². The fourth-order valence-electron chi connectivity index (χ4n) is 5.41. The summed E-state index contributed by atoms with van der Waals surface area (Å²) in [5.41, 5.74) is 2.31. The number of aromatic amines is 1. The van der Waals surface area contributed by atoms with Crippen LogP contribution in [0.5, 0.6) is 0 Å². The van der Waals surface area contributed by atoms with E-state index in [-0.39, 0.29) is 35.4 Å². The molecule has 2 amide bonds. The average Bonchev–Trinajstić information content (AvgIpc) is 3.28. The van der Waals surface area contributed by atoms with E-state index in [9.17, 15) is 18.8 Å². The van der Waals surface area contributed by atoms with E-state index in [0.717, 1.165) is 10.1 Å². The summed E-state index contributed by atoms with van der Waals surface area (Å²) in [5, 5.41) is 4.23. The molecule has 0 unspecified atom stereocenters. The normalized spacial score (nSPS) is 20.4. The molecule has 2 atom stereocenters. The lowest BCUT2D eigenvalue weighted by molar-refractivity contribution is 0.0139. The van der Waals surface area contributed by atoms with Gasteiger partial charge in [0.05, 0.1) is 12.4 Å². The largest absolute Gasteiger partial charge is 0.343 e. The van der Waals surface area contributed by atoms with Crippen molar-refractivity contribution in [2.75, 3.05) is 27.3 Å². The molecular weight excluding hydrogens is 461 g/mol. The Labute approximate surface area is 209 Å². The fourth-order valence-corrected chi connectivity index (χ4v) is 5.41. The zero-order chi connectivity index (χ0) is 25.6. The summed E-state index contributed by atoms with van der Waals surface area (Å²) in [4.78, 5) is 45.6. The number of alkyl halides is 1. The van der Waals surface area contributed by atoms with Crippen molar-refractivity contribution >= 4 is 17.5 Å². The molecule has 36 heavy (non-hydrogen) atoms. The number of nitrogens with one attached hydrogen (secondary N) is 1. The van der Waals surface area contributed by atoms with Crippen molar-refractivity contribution in [2.45, 2.75) is 51.0 Å². The molecule has 1 saturated heterocycles. The van der Waals surface area contributed by atoms with Gasteiger partial charge in [0.2, 0.25) is 0 Å². The van der Waals surface area contributed by atoms with Crippen molar-refractivity contribution in [3.63, 3.8) is 0 Å². The molecule has 3 aromatic rings. The number of aromatic nitrogens is 3. The monoisotopic (exact) mass is 493 g/mol. The van der Waals surface area contributed by atoms with Gasteiger partial charge in [-0.05, 0) is 36.8 Å². The zero-order valence-corrected chi connectivity index (χ0v) is 21.0. The summed E-state index contributed by atoms with van der Waals surface area (Å²) >= 11 is 0. The topological polar surface area (TPSA) is 90.8 Å². The van der Waals surface area contributed by atoms with Crippen LogP contribution in [0, 0.1) is 5.92 Å². The minimum absolute atomic E-state index is 0.0376. The van der Waals surface area contributed by atoms with Crippen molar-refractivity contribution in [1.82, 2.24) is 24.4 Å². The van der Waals surface area contributed by atoms with Crippen molar-refractivity contribution in [3.8, 4) is 11.3 Å². The number of rotatable bonds is 5. The Morgan fingerprint density at radius 3 is 2.44 bits per heavy atom. The lowest BCUT2D eigenvalue weighted by Gasteiger charge is -2.45. The first-order valence-corrected chi connectivity index (χ1v) is 12.6. The Morgan fingerprint density at radius 2 is 1.83 bits per heavy atom. The van der Waals surface area contributed by atoms with Gasteiger partial charge < -0.3 is 14.8 Å². The molecule has 5 rings (SSSR count). The molecule has 0 radical (unpaired) electrons. The molecule has 3 heterocycles. The maximum atomic E-state index is 13.6.